The first kappa shape index (κ1) is 10.9. The van der Waals surface area contributed by atoms with E-state index in [1.807, 2.05) is 30.3 Å². The second-order valence-corrected chi connectivity index (χ2v) is 5.00. The molecule has 1 N–H and O–H groups in total. The van der Waals surface area contributed by atoms with E-state index in [0.29, 0.717) is 4.91 Å². The van der Waals surface area contributed by atoms with Gasteiger partial charge in [-0.05, 0) is 11.6 Å². The number of hydrogen-bond acceptors (Lipinski definition) is 3. The van der Waals surface area contributed by atoms with Crippen molar-refractivity contribution in [1.29, 1.82) is 5.26 Å². The third kappa shape index (κ3) is 1.87. The molecule has 1 heterocycles. The molecule has 2 aromatic rings. The summed E-state index contributed by atoms with van der Waals surface area (Å²) < 4.78 is 0. The van der Waals surface area contributed by atoms with E-state index in [2.05, 4.69) is 29.6 Å². The maximum absolute atomic E-state index is 8.92. The van der Waals surface area contributed by atoms with Crippen molar-refractivity contribution >= 4 is 17.4 Å². The Labute approximate surface area is 110 Å². The molecule has 0 saturated carbocycles. The highest BCUT2D eigenvalue weighted by molar-refractivity contribution is 8.03. The van der Waals surface area contributed by atoms with Crippen LogP contribution in [-0.2, 0) is 0 Å². The first-order valence-corrected chi connectivity index (χ1v) is 6.43. The number of allylic oxidation sites excluding steroid dienone is 1. The summed E-state index contributed by atoms with van der Waals surface area (Å²) >= 11 is 1.50. The molecule has 2 aromatic carbocycles. The minimum atomic E-state index is 0.688. The zero-order valence-electron chi connectivity index (χ0n) is 9.55. The van der Waals surface area contributed by atoms with E-state index in [0.717, 1.165) is 16.1 Å². The van der Waals surface area contributed by atoms with Gasteiger partial charge in [-0.15, -0.1) is 0 Å². The molecule has 0 saturated heterocycles. The van der Waals surface area contributed by atoms with Crippen LogP contribution in [0.3, 0.4) is 0 Å². The van der Waals surface area contributed by atoms with Gasteiger partial charge in [-0.2, -0.15) is 5.26 Å². The number of rotatable bonds is 1. The van der Waals surface area contributed by atoms with Crippen LogP contribution in [0.4, 0.5) is 5.69 Å². The van der Waals surface area contributed by atoms with Gasteiger partial charge in [0.15, 0.2) is 0 Å². The summed E-state index contributed by atoms with van der Waals surface area (Å²) in [5.74, 6) is 0. The summed E-state index contributed by atoms with van der Waals surface area (Å²) in [7, 11) is 0. The van der Waals surface area contributed by atoms with Crippen LogP contribution in [0.15, 0.2) is 64.5 Å². The standard InChI is InChI=1S/C15H10N2S/c16-9-12-10-17-15-13(7-4-8-14(15)18-12)11-5-2-1-3-6-11/h1-8,10,17H. The Bertz CT molecular complexity index is 654. The number of thioether (sulfide) groups is 1. The minimum Gasteiger partial charge on any atom is -0.359 e. The maximum atomic E-state index is 8.92. The SMILES string of the molecule is N#CC1=CNc2c(cccc2-c2ccccc2)S1. The molecule has 3 heteroatoms. The van der Waals surface area contributed by atoms with E-state index in [-0.39, 0.29) is 0 Å². The molecule has 2 nitrogen and oxygen atoms in total. The Morgan fingerprint density at radius 2 is 1.83 bits per heavy atom. The lowest BCUT2D eigenvalue weighted by Crippen LogP contribution is -1.99. The first-order valence-electron chi connectivity index (χ1n) is 5.61. The third-order valence-electron chi connectivity index (χ3n) is 2.79. The van der Waals surface area contributed by atoms with Gasteiger partial charge in [0.25, 0.3) is 0 Å². The van der Waals surface area contributed by atoms with Crippen molar-refractivity contribution in [3.63, 3.8) is 0 Å². The molecule has 0 fully saturated rings. The Morgan fingerprint density at radius 3 is 2.61 bits per heavy atom. The molecule has 0 bridgehead atoms. The van der Waals surface area contributed by atoms with Gasteiger partial charge in [-0.3, -0.25) is 0 Å². The Morgan fingerprint density at radius 1 is 1.00 bits per heavy atom. The van der Waals surface area contributed by atoms with Gasteiger partial charge in [0.1, 0.15) is 11.0 Å². The van der Waals surface area contributed by atoms with E-state index >= 15 is 0 Å². The molecule has 0 unspecified atom stereocenters. The van der Waals surface area contributed by atoms with Gasteiger partial charge in [-0.1, -0.05) is 54.2 Å². The second-order valence-electron chi connectivity index (χ2n) is 3.91. The number of nitrogens with one attached hydrogen (secondary N) is 1. The predicted molar refractivity (Wildman–Crippen MR) is 75.1 cm³/mol. The molecule has 0 aromatic heterocycles. The Hall–Kier alpha value is -2.18. The Kier molecular flexibility index (Phi) is 2.79. The number of fused-ring (bicyclic) bond motifs is 1. The summed E-state index contributed by atoms with van der Waals surface area (Å²) in [4.78, 5) is 1.78. The fourth-order valence-electron chi connectivity index (χ4n) is 1.96. The van der Waals surface area contributed by atoms with Crippen molar-refractivity contribution in [2.75, 3.05) is 5.32 Å². The quantitative estimate of drug-likeness (QED) is 0.822. The van der Waals surface area contributed by atoms with Crippen LogP contribution in [0, 0.1) is 11.3 Å². The zero-order chi connectivity index (χ0) is 12.4. The molecule has 18 heavy (non-hydrogen) atoms. The van der Waals surface area contributed by atoms with E-state index in [1.165, 1.54) is 17.3 Å². The molecule has 3 rings (SSSR count). The van der Waals surface area contributed by atoms with Crippen molar-refractivity contribution in [2.24, 2.45) is 0 Å². The molecule has 0 spiro atoms. The minimum absolute atomic E-state index is 0.688. The van der Waals surface area contributed by atoms with Crippen molar-refractivity contribution in [2.45, 2.75) is 4.90 Å². The van der Waals surface area contributed by atoms with Gasteiger partial charge in [0.05, 0.1) is 5.69 Å². The summed E-state index contributed by atoms with van der Waals surface area (Å²) in [6.07, 6.45) is 1.76. The third-order valence-corrected chi connectivity index (χ3v) is 3.78. The zero-order valence-corrected chi connectivity index (χ0v) is 10.4. The van der Waals surface area contributed by atoms with Crippen LogP contribution in [0.25, 0.3) is 11.1 Å². The summed E-state index contributed by atoms with van der Waals surface area (Å²) in [6.45, 7) is 0. The smallest absolute Gasteiger partial charge is 0.108 e. The maximum Gasteiger partial charge on any atom is 0.108 e. The molecule has 86 valence electrons. The topological polar surface area (TPSA) is 35.8 Å². The van der Waals surface area contributed by atoms with E-state index < -0.39 is 0 Å². The highest BCUT2D eigenvalue weighted by Gasteiger charge is 2.15. The second kappa shape index (κ2) is 4.59. The van der Waals surface area contributed by atoms with Crippen LogP contribution in [0.5, 0.6) is 0 Å². The van der Waals surface area contributed by atoms with Crippen LogP contribution in [-0.4, -0.2) is 0 Å². The lowest BCUT2D eigenvalue weighted by Gasteiger charge is -2.18. The number of benzene rings is 2. The van der Waals surface area contributed by atoms with Gasteiger partial charge in [0.2, 0.25) is 0 Å². The number of nitriles is 1. The van der Waals surface area contributed by atoms with Gasteiger partial charge in [0, 0.05) is 16.7 Å². The van der Waals surface area contributed by atoms with Crippen LogP contribution < -0.4 is 5.32 Å². The lowest BCUT2D eigenvalue weighted by atomic mass is 10.0. The average molecular weight is 250 g/mol. The number of hydrogen-bond donors (Lipinski definition) is 1. The van der Waals surface area contributed by atoms with Crippen LogP contribution >= 0.6 is 11.8 Å². The molecular weight excluding hydrogens is 240 g/mol. The lowest BCUT2D eigenvalue weighted by molar-refractivity contribution is 1.39. The predicted octanol–water partition coefficient (Wildman–Crippen LogP) is 4.24. The largest absolute Gasteiger partial charge is 0.359 e. The molecule has 1 aliphatic heterocycles. The fraction of sp³-hybridized carbons (Fsp3) is 0. The monoisotopic (exact) mass is 250 g/mol. The molecule has 1 aliphatic rings. The van der Waals surface area contributed by atoms with Gasteiger partial charge < -0.3 is 5.32 Å². The molecule has 0 amide bonds. The van der Waals surface area contributed by atoms with Crippen molar-refractivity contribution in [3.8, 4) is 17.2 Å². The molecule has 0 radical (unpaired) electrons. The molecule has 0 atom stereocenters. The number of nitrogens with zero attached hydrogens (tertiary/aromatic N) is 1. The Balaban J connectivity index is 2.10. The van der Waals surface area contributed by atoms with Crippen LogP contribution in [0.2, 0.25) is 0 Å². The summed E-state index contributed by atoms with van der Waals surface area (Å²) in [5, 5.41) is 12.1. The summed E-state index contributed by atoms with van der Waals surface area (Å²) in [6, 6.07) is 18.6. The van der Waals surface area contributed by atoms with Gasteiger partial charge >= 0.3 is 0 Å². The van der Waals surface area contributed by atoms with E-state index in [1.54, 1.807) is 6.20 Å². The highest BCUT2D eigenvalue weighted by atomic mass is 32.2. The summed E-state index contributed by atoms with van der Waals surface area (Å²) in [5.41, 5.74) is 3.41. The van der Waals surface area contributed by atoms with E-state index in [9.17, 15) is 0 Å². The van der Waals surface area contributed by atoms with Crippen molar-refractivity contribution in [3.05, 3.63) is 59.6 Å². The van der Waals surface area contributed by atoms with Crippen molar-refractivity contribution in [1.82, 2.24) is 0 Å². The first-order chi connectivity index (χ1) is 8.88. The van der Waals surface area contributed by atoms with E-state index in [4.69, 9.17) is 5.26 Å². The van der Waals surface area contributed by atoms with Gasteiger partial charge in [-0.25, -0.2) is 0 Å². The van der Waals surface area contributed by atoms with Crippen LogP contribution in [0.1, 0.15) is 0 Å². The average Bonchev–Trinajstić information content (AvgIpc) is 2.47. The normalized spacial score (nSPS) is 12.9. The van der Waals surface area contributed by atoms with Crippen molar-refractivity contribution < 1.29 is 0 Å². The number of anilines is 1. The highest BCUT2D eigenvalue weighted by Crippen LogP contribution is 2.41. The number of para-hydroxylation sites is 1. The fourth-order valence-corrected chi connectivity index (χ4v) is 2.78. The molecular formula is C15H10N2S. The molecule has 0 aliphatic carbocycles.